The average molecular weight is 633 g/mol. The summed E-state index contributed by atoms with van der Waals surface area (Å²) >= 11 is 6.15. The number of carbonyl (C=O) groups excluding carboxylic acids is 4. The van der Waals surface area contributed by atoms with E-state index < -0.39 is 17.1 Å². The molecule has 1 aliphatic heterocycles. The van der Waals surface area contributed by atoms with Gasteiger partial charge >= 0.3 is 0 Å². The van der Waals surface area contributed by atoms with Crippen molar-refractivity contribution in [1.29, 1.82) is 0 Å². The molecule has 2 heterocycles. The van der Waals surface area contributed by atoms with Crippen LogP contribution in [0.15, 0.2) is 111 Å². The summed E-state index contributed by atoms with van der Waals surface area (Å²) in [5.74, 6) is -1.36. The molecule has 1 fully saturated rings. The average Bonchev–Trinajstić information content (AvgIpc) is 3.57. The van der Waals surface area contributed by atoms with Crippen LogP contribution in [0.2, 0.25) is 0 Å². The minimum absolute atomic E-state index is 0.105. The Morgan fingerprint density at radius 1 is 0.950 bits per heavy atom. The molecule has 0 spiro atoms. The molecule has 3 aromatic carbocycles. The van der Waals surface area contributed by atoms with E-state index in [0.717, 1.165) is 14.9 Å². The van der Waals surface area contributed by atoms with E-state index in [1.54, 1.807) is 78.9 Å². The van der Waals surface area contributed by atoms with E-state index in [1.807, 2.05) is 22.9 Å². The highest BCUT2D eigenvalue weighted by molar-refractivity contribution is 9.10. The number of thiophene rings is 1. The summed E-state index contributed by atoms with van der Waals surface area (Å²) in [6.07, 6.45) is 1.73. The smallest absolute Gasteiger partial charge is 0.272 e. The lowest BCUT2D eigenvalue weighted by Gasteiger charge is -2.15. The first-order valence-corrected chi connectivity index (χ1v) is 14.8. The maximum Gasteiger partial charge on any atom is 0.272 e. The van der Waals surface area contributed by atoms with Crippen LogP contribution >= 0.6 is 39.0 Å². The predicted molar refractivity (Wildman–Crippen MR) is 162 cm³/mol. The van der Waals surface area contributed by atoms with Crippen LogP contribution < -0.4 is 15.5 Å². The number of amides is 4. The molecule has 0 bridgehead atoms. The minimum Gasteiger partial charge on any atom is -0.321 e. The molecule has 1 unspecified atom stereocenters. The summed E-state index contributed by atoms with van der Waals surface area (Å²) in [6.45, 7) is 0. The summed E-state index contributed by atoms with van der Waals surface area (Å²) in [5, 5.41) is 8.76. The molecule has 40 heavy (non-hydrogen) atoms. The Morgan fingerprint density at radius 3 is 2.35 bits per heavy atom. The van der Waals surface area contributed by atoms with Gasteiger partial charge in [0, 0.05) is 27.0 Å². The molecule has 1 atom stereocenters. The molecule has 200 valence electrons. The van der Waals surface area contributed by atoms with Gasteiger partial charge < -0.3 is 10.6 Å². The van der Waals surface area contributed by atoms with Crippen LogP contribution in [-0.2, 0) is 14.4 Å². The summed E-state index contributed by atoms with van der Waals surface area (Å²) in [6, 6.07) is 24.6. The maximum atomic E-state index is 13.2. The summed E-state index contributed by atoms with van der Waals surface area (Å²) in [7, 11) is 0. The van der Waals surface area contributed by atoms with Gasteiger partial charge in [-0.05, 0) is 89.1 Å². The van der Waals surface area contributed by atoms with Gasteiger partial charge in [-0.15, -0.1) is 11.8 Å². The zero-order valence-corrected chi connectivity index (χ0v) is 24.1. The van der Waals surface area contributed by atoms with Gasteiger partial charge in [0.1, 0.15) is 5.70 Å². The lowest BCUT2D eigenvalue weighted by atomic mass is 10.2. The highest BCUT2D eigenvalue weighted by Gasteiger charge is 2.40. The summed E-state index contributed by atoms with van der Waals surface area (Å²) in [5.41, 5.74) is 2.40. The normalized spacial score (nSPS) is 15.3. The first-order valence-electron chi connectivity index (χ1n) is 12.2. The number of halogens is 1. The summed E-state index contributed by atoms with van der Waals surface area (Å²) in [4.78, 5) is 53.5. The van der Waals surface area contributed by atoms with Crippen molar-refractivity contribution in [3.8, 4) is 0 Å². The molecule has 4 amide bonds. The Hall–Kier alpha value is -3.99. The predicted octanol–water partition coefficient (Wildman–Crippen LogP) is 6.34. The first kappa shape index (κ1) is 27.6. The van der Waals surface area contributed by atoms with Crippen molar-refractivity contribution in [2.24, 2.45) is 0 Å². The number of anilines is 2. The highest BCUT2D eigenvalue weighted by atomic mass is 79.9. The molecule has 0 radical (unpaired) electrons. The number of nitrogens with zero attached hydrogens (tertiary/aromatic N) is 1. The van der Waals surface area contributed by atoms with Crippen molar-refractivity contribution in [3.05, 3.63) is 117 Å². The quantitative estimate of drug-likeness (QED) is 0.175. The van der Waals surface area contributed by atoms with Crippen LogP contribution in [-0.4, -0.2) is 28.9 Å². The van der Waals surface area contributed by atoms with Gasteiger partial charge in [-0.3, -0.25) is 19.2 Å². The Balaban J connectivity index is 1.25. The molecule has 10 heteroatoms. The van der Waals surface area contributed by atoms with Crippen LogP contribution in [0, 0.1) is 0 Å². The van der Waals surface area contributed by atoms with Crippen LogP contribution in [0.5, 0.6) is 0 Å². The Morgan fingerprint density at radius 2 is 1.68 bits per heavy atom. The number of hydrogen-bond acceptors (Lipinski definition) is 6. The molecule has 1 aliphatic rings. The maximum absolute atomic E-state index is 13.2. The Kier molecular flexibility index (Phi) is 8.59. The third-order valence-corrected chi connectivity index (χ3v) is 8.39. The summed E-state index contributed by atoms with van der Waals surface area (Å²) < 4.78 is 0.862. The third kappa shape index (κ3) is 6.59. The number of imide groups is 1. The minimum atomic E-state index is -0.537. The van der Waals surface area contributed by atoms with Crippen molar-refractivity contribution >= 4 is 80.1 Å². The molecule has 0 saturated carbocycles. The lowest BCUT2D eigenvalue weighted by Crippen LogP contribution is -2.31. The van der Waals surface area contributed by atoms with Gasteiger partial charge in [0.25, 0.3) is 11.8 Å². The zero-order valence-electron chi connectivity index (χ0n) is 20.9. The van der Waals surface area contributed by atoms with E-state index in [1.165, 1.54) is 28.0 Å². The monoisotopic (exact) mass is 631 g/mol. The zero-order chi connectivity index (χ0) is 28.1. The second-order valence-electron chi connectivity index (χ2n) is 8.77. The second kappa shape index (κ2) is 12.5. The van der Waals surface area contributed by atoms with E-state index in [-0.39, 0.29) is 23.9 Å². The topological polar surface area (TPSA) is 95.6 Å². The van der Waals surface area contributed by atoms with Gasteiger partial charge in [-0.1, -0.05) is 34.1 Å². The number of carbonyl (C=O) groups is 4. The molecule has 0 aliphatic carbocycles. The van der Waals surface area contributed by atoms with Gasteiger partial charge in [-0.2, -0.15) is 11.3 Å². The van der Waals surface area contributed by atoms with E-state index in [0.29, 0.717) is 16.9 Å². The molecular weight excluding hydrogens is 610 g/mol. The molecule has 5 rings (SSSR count). The van der Waals surface area contributed by atoms with E-state index in [9.17, 15) is 19.2 Å². The highest BCUT2D eigenvalue weighted by Crippen LogP contribution is 2.34. The lowest BCUT2D eigenvalue weighted by molar-refractivity contribution is -0.121. The number of nitrogens with one attached hydrogen (secondary N) is 2. The van der Waals surface area contributed by atoms with E-state index in [4.69, 9.17) is 0 Å². The van der Waals surface area contributed by atoms with E-state index >= 15 is 0 Å². The molecule has 2 N–H and O–H groups in total. The number of rotatable bonds is 8. The molecular formula is C30H22BrN3O4S2. The van der Waals surface area contributed by atoms with Crippen molar-refractivity contribution in [2.45, 2.75) is 16.6 Å². The van der Waals surface area contributed by atoms with Gasteiger partial charge in [0.05, 0.1) is 10.9 Å². The fraction of sp³-hybridized carbons (Fsp3) is 0.0667. The molecule has 4 aromatic rings. The van der Waals surface area contributed by atoms with Gasteiger partial charge in [0.2, 0.25) is 11.8 Å². The van der Waals surface area contributed by atoms with Crippen molar-refractivity contribution < 1.29 is 19.2 Å². The number of benzene rings is 3. The van der Waals surface area contributed by atoms with Crippen LogP contribution in [0.3, 0.4) is 0 Å². The molecule has 7 nitrogen and oxygen atoms in total. The van der Waals surface area contributed by atoms with Crippen LogP contribution in [0.4, 0.5) is 11.4 Å². The largest absolute Gasteiger partial charge is 0.321 e. The Labute approximate surface area is 247 Å². The van der Waals surface area contributed by atoms with Crippen molar-refractivity contribution in [2.75, 3.05) is 10.2 Å². The van der Waals surface area contributed by atoms with Crippen molar-refractivity contribution in [1.82, 2.24) is 5.32 Å². The number of hydrogen-bond donors (Lipinski definition) is 2. The van der Waals surface area contributed by atoms with Crippen molar-refractivity contribution in [3.63, 3.8) is 0 Å². The fourth-order valence-corrected chi connectivity index (χ4v) is 5.94. The second-order valence-corrected chi connectivity index (χ2v) is 11.7. The Bertz CT molecular complexity index is 1570. The first-order chi connectivity index (χ1) is 19.4. The van der Waals surface area contributed by atoms with Gasteiger partial charge in [0.15, 0.2) is 0 Å². The van der Waals surface area contributed by atoms with Crippen LogP contribution in [0.1, 0.15) is 22.3 Å². The molecule has 1 aromatic heterocycles. The van der Waals surface area contributed by atoms with Crippen LogP contribution in [0.25, 0.3) is 6.08 Å². The molecule has 1 saturated heterocycles. The van der Waals surface area contributed by atoms with Gasteiger partial charge in [-0.25, -0.2) is 4.90 Å². The number of thioether (sulfide) groups is 1. The fourth-order valence-electron chi connectivity index (χ4n) is 4.00. The SMILES string of the molecule is O=C(Nc1ccc(SC2CC(=O)N(c3ccc(Br)cc3)C2=O)cc1)/C(=C/c1ccsc1)NC(=O)c1ccccc1. The van der Waals surface area contributed by atoms with E-state index in [2.05, 4.69) is 26.6 Å². The third-order valence-electron chi connectivity index (χ3n) is 5.96. The standard InChI is InChI=1S/C30H22BrN3O4S2/c31-21-6-10-23(11-7-21)34-27(35)17-26(30(34)38)40-24-12-8-22(9-13-24)32-29(37)25(16-19-14-15-39-18-19)33-28(36)20-4-2-1-3-5-20/h1-16,18,26H,17H2,(H,32,37)(H,33,36)/b25-16-.